The molecule has 0 spiro atoms. The average molecular weight is 299 g/mol. The highest BCUT2D eigenvalue weighted by Gasteiger charge is 2.23. The van der Waals surface area contributed by atoms with Gasteiger partial charge in [-0.15, -0.1) is 0 Å². The Hall–Kier alpha value is -1.60. The van der Waals surface area contributed by atoms with Gasteiger partial charge in [0.25, 0.3) is 0 Å². The molecule has 0 aliphatic heterocycles. The zero-order chi connectivity index (χ0) is 15.2. The second-order valence-corrected chi connectivity index (χ2v) is 6.47. The number of amides is 1. The van der Waals surface area contributed by atoms with Gasteiger partial charge >= 0.3 is 0 Å². The topological polar surface area (TPSA) is 92.5 Å². The Morgan fingerprint density at radius 3 is 2.40 bits per heavy atom. The van der Waals surface area contributed by atoms with E-state index in [0.717, 1.165) is 0 Å². The second-order valence-electron chi connectivity index (χ2n) is 4.50. The van der Waals surface area contributed by atoms with Crippen LogP contribution in [0.3, 0.4) is 0 Å². The normalized spacial score (nSPS) is 11.6. The van der Waals surface area contributed by atoms with Crippen molar-refractivity contribution in [3.63, 3.8) is 0 Å². The maximum atomic E-state index is 12.3. The number of carbonyl (C=O) groups is 1. The van der Waals surface area contributed by atoms with E-state index in [2.05, 4.69) is 5.32 Å². The molecule has 20 heavy (non-hydrogen) atoms. The monoisotopic (exact) mass is 299 g/mol. The number of benzene rings is 1. The van der Waals surface area contributed by atoms with Gasteiger partial charge in [-0.1, -0.05) is 19.1 Å². The van der Waals surface area contributed by atoms with Crippen molar-refractivity contribution >= 4 is 21.6 Å². The van der Waals surface area contributed by atoms with Gasteiger partial charge in [0.2, 0.25) is 15.9 Å². The number of nitrogens with one attached hydrogen (secondary N) is 1. The highest BCUT2D eigenvalue weighted by atomic mass is 32.2. The molecule has 0 unspecified atom stereocenters. The lowest BCUT2D eigenvalue weighted by molar-refractivity contribution is -0.120. The summed E-state index contributed by atoms with van der Waals surface area (Å²) in [7, 11) is -2.04. The summed E-state index contributed by atoms with van der Waals surface area (Å²) in [6, 6.07) is 6.68. The van der Waals surface area contributed by atoms with Crippen molar-refractivity contribution < 1.29 is 13.2 Å². The second kappa shape index (κ2) is 7.25. The summed E-state index contributed by atoms with van der Waals surface area (Å²) in [5.41, 5.74) is 6.80. The quantitative estimate of drug-likeness (QED) is 0.719. The van der Waals surface area contributed by atoms with Crippen molar-refractivity contribution in [3.05, 3.63) is 29.8 Å². The van der Waals surface area contributed by atoms with Gasteiger partial charge in [-0.05, 0) is 24.1 Å². The molecule has 112 valence electrons. The minimum absolute atomic E-state index is 0.135. The molecule has 0 saturated heterocycles. The van der Waals surface area contributed by atoms with Crippen molar-refractivity contribution in [1.29, 1.82) is 0 Å². The van der Waals surface area contributed by atoms with Crippen LogP contribution in [0.25, 0.3) is 0 Å². The summed E-state index contributed by atoms with van der Waals surface area (Å²) in [4.78, 5) is 11.4. The molecule has 1 rings (SSSR count). The summed E-state index contributed by atoms with van der Waals surface area (Å²) in [5.74, 6) is -0.455. The summed E-state index contributed by atoms with van der Waals surface area (Å²) >= 11 is 0. The van der Waals surface area contributed by atoms with Crippen molar-refractivity contribution in [2.45, 2.75) is 19.1 Å². The molecule has 1 aromatic rings. The molecule has 1 aromatic carbocycles. The lowest BCUT2D eigenvalue weighted by Crippen LogP contribution is -2.40. The van der Waals surface area contributed by atoms with Gasteiger partial charge in [-0.2, -0.15) is 4.31 Å². The fourth-order valence-corrected chi connectivity index (χ4v) is 3.29. The Morgan fingerprint density at radius 1 is 1.30 bits per heavy atom. The lowest BCUT2D eigenvalue weighted by atomic mass is 10.2. The number of carbonyl (C=O) groups excluding carboxylic acids is 1. The molecule has 7 heteroatoms. The van der Waals surface area contributed by atoms with E-state index in [-0.39, 0.29) is 18.2 Å². The minimum Gasteiger partial charge on any atom is -0.399 e. The first-order chi connectivity index (χ1) is 9.39. The van der Waals surface area contributed by atoms with Crippen LogP contribution < -0.4 is 11.1 Å². The maximum Gasteiger partial charge on any atom is 0.235 e. The zero-order valence-corrected chi connectivity index (χ0v) is 12.6. The van der Waals surface area contributed by atoms with Crippen molar-refractivity contribution in [3.8, 4) is 0 Å². The number of nitrogen functional groups attached to an aromatic ring is 1. The van der Waals surface area contributed by atoms with Gasteiger partial charge in [0.05, 0.1) is 12.3 Å². The molecule has 0 radical (unpaired) electrons. The van der Waals surface area contributed by atoms with E-state index in [1.165, 1.54) is 11.4 Å². The summed E-state index contributed by atoms with van der Waals surface area (Å²) in [5, 5.41) is 2.44. The van der Waals surface area contributed by atoms with Gasteiger partial charge < -0.3 is 11.1 Å². The van der Waals surface area contributed by atoms with Gasteiger partial charge in [0, 0.05) is 19.3 Å². The zero-order valence-electron chi connectivity index (χ0n) is 11.8. The van der Waals surface area contributed by atoms with Crippen LogP contribution in [-0.2, 0) is 20.6 Å². The highest BCUT2D eigenvalue weighted by molar-refractivity contribution is 7.88. The molecule has 0 aliphatic carbocycles. The molecule has 0 fully saturated rings. The van der Waals surface area contributed by atoms with Crippen molar-refractivity contribution in [2.24, 2.45) is 0 Å². The van der Waals surface area contributed by atoms with Crippen LogP contribution in [0.5, 0.6) is 0 Å². The first kappa shape index (κ1) is 16.5. The molecular formula is C13H21N3O3S. The number of rotatable bonds is 7. The number of hydrogen-bond donors (Lipinski definition) is 2. The third-order valence-corrected chi connectivity index (χ3v) is 4.59. The van der Waals surface area contributed by atoms with Crippen molar-refractivity contribution in [1.82, 2.24) is 9.62 Å². The van der Waals surface area contributed by atoms with Crippen LogP contribution >= 0.6 is 0 Å². The number of sulfonamides is 1. The molecular weight excluding hydrogens is 278 g/mol. The molecule has 0 aliphatic rings. The Kier molecular flexibility index (Phi) is 5.97. The van der Waals surface area contributed by atoms with Crippen LogP contribution in [0.1, 0.15) is 18.9 Å². The van der Waals surface area contributed by atoms with E-state index in [4.69, 9.17) is 5.73 Å². The van der Waals surface area contributed by atoms with Crippen LogP contribution in [0, 0.1) is 0 Å². The largest absolute Gasteiger partial charge is 0.399 e. The van der Waals surface area contributed by atoms with Gasteiger partial charge in [0.1, 0.15) is 0 Å². The Morgan fingerprint density at radius 2 is 1.90 bits per heavy atom. The SMILES string of the molecule is CCCN(CC(=O)NC)S(=O)(=O)Cc1ccc(N)cc1. The average Bonchev–Trinajstić information content (AvgIpc) is 2.40. The minimum atomic E-state index is -3.52. The molecule has 6 nitrogen and oxygen atoms in total. The Labute approximate surface area is 120 Å². The van der Waals surface area contributed by atoms with E-state index in [1.807, 2.05) is 6.92 Å². The van der Waals surface area contributed by atoms with E-state index in [0.29, 0.717) is 24.2 Å². The van der Waals surface area contributed by atoms with E-state index < -0.39 is 10.0 Å². The molecule has 0 bridgehead atoms. The fourth-order valence-electron chi connectivity index (χ4n) is 1.72. The van der Waals surface area contributed by atoms with Crippen LogP contribution in [0.4, 0.5) is 5.69 Å². The van der Waals surface area contributed by atoms with E-state index >= 15 is 0 Å². The van der Waals surface area contributed by atoms with Crippen LogP contribution in [0.15, 0.2) is 24.3 Å². The smallest absolute Gasteiger partial charge is 0.235 e. The first-order valence-corrected chi connectivity index (χ1v) is 8.02. The molecule has 0 saturated carbocycles. The predicted octanol–water partition coefficient (Wildman–Crippen LogP) is 0.557. The van der Waals surface area contributed by atoms with E-state index in [9.17, 15) is 13.2 Å². The van der Waals surface area contributed by atoms with Crippen LogP contribution in [-0.4, -0.2) is 38.8 Å². The first-order valence-electron chi connectivity index (χ1n) is 6.42. The van der Waals surface area contributed by atoms with E-state index in [1.54, 1.807) is 24.3 Å². The molecule has 0 heterocycles. The summed E-state index contributed by atoms with van der Waals surface area (Å²) < 4.78 is 25.9. The van der Waals surface area contributed by atoms with Gasteiger partial charge in [0.15, 0.2) is 0 Å². The molecule has 0 atom stereocenters. The fraction of sp³-hybridized carbons (Fsp3) is 0.462. The summed E-state index contributed by atoms with van der Waals surface area (Å²) in [6.07, 6.45) is 0.651. The van der Waals surface area contributed by atoms with Crippen LogP contribution in [0.2, 0.25) is 0 Å². The number of anilines is 1. The maximum absolute atomic E-state index is 12.3. The Bertz CT molecular complexity index is 540. The van der Waals surface area contributed by atoms with Gasteiger partial charge in [-0.3, -0.25) is 4.79 Å². The number of nitrogens with zero attached hydrogens (tertiary/aromatic N) is 1. The lowest BCUT2D eigenvalue weighted by Gasteiger charge is -2.20. The van der Waals surface area contributed by atoms with Gasteiger partial charge in [-0.25, -0.2) is 8.42 Å². The molecule has 3 N–H and O–H groups in total. The Balaban J connectivity index is 2.86. The standard InChI is InChI=1S/C13H21N3O3S/c1-3-8-16(9-13(17)15-2)20(18,19)10-11-4-6-12(14)7-5-11/h4-7H,3,8-10,14H2,1-2H3,(H,15,17). The highest BCUT2D eigenvalue weighted by Crippen LogP contribution is 2.13. The number of nitrogens with two attached hydrogens (primary N) is 1. The third-order valence-electron chi connectivity index (χ3n) is 2.79. The van der Waals surface area contributed by atoms with Crippen molar-refractivity contribution in [2.75, 3.05) is 25.9 Å². The third kappa shape index (κ3) is 4.82. The molecule has 1 amide bonds. The number of likely N-dealkylation sites (N-methyl/N-ethyl adjacent to an activating group) is 1. The molecule has 0 aromatic heterocycles. The summed E-state index contributed by atoms with van der Waals surface area (Å²) in [6.45, 7) is 2.04. The predicted molar refractivity (Wildman–Crippen MR) is 79.4 cm³/mol. The number of hydrogen-bond acceptors (Lipinski definition) is 4.